The van der Waals surface area contributed by atoms with Crippen LogP contribution in [0.1, 0.15) is 15.9 Å². The molecule has 0 aliphatic rings. The Morgan fingerprint density at radius 3 is 2.24 bits per heavy atom. The Balaban J connectivity index is 2.19. The lowest BCUT2D eigenvalue weighted by Gasteiger charge is -2.10. The molecular formula is C14H10BrF3N2O. The Bertz CT molecular complexity index is 684. The summed E-state index contributed by atoms with van der Waals surface area (Å²) in [6.45, 7) is -0.139. The van der Waals surface area contributed by atoms with Crippen molar-refractivity contribution in [2.75, 3.05) is 5.32 Å². The van der Waals surface area contributed by atoms with E-state index in [-0.39, 0.29) is 27.8 Å². The number of hydrogen-bond donors (Lipinski definition) is 2. The SMILES string of the molecule is NC(=O)c1ccc(CNc2c(F)cc(Br)cc2F)c(F)c1. The second-order valence-electron chi connectivity index (χ2n) is 4.27. The molecule has 2 aromatic rings. The minimum absolute atomic E-state index is 0.0252. The number of anilines is 1. The van der Waals surface area contributed by atoms with Gasteiger partial charge in [0, 0.05) is 22.1 Å². The maximum Gasteiger partial charge on any atom is 0.248 e. The van der Waals surface area contributed by atoms with Gasteiger partial charge in [-0.25, -0.2) is 13.2 Å². The van der Waals surface area contributed by atoms with Crippen LogP contribution in [0, 0.1) is 17.5 Å². The summed E-state index contributed by atoms with van der Waals surface area (Å²) >= 11 is 2.96. The summed E-state index contributed by atoms with van der Waals surface area (Å²) in [5, 5.41) is 2.49. The van der Waals surface area contributed by atoms with Crippen LogP contribution in [0.15, 0.2) is 34.8 Å². The minimum Gasteiger partial charge on any atom is -0.376 e. The summed E-state index contributed by atoms with van der Waals surface area (Å²) in [7, 11) is 0. The van der Waals surface area contributed by atoms with Crippen molar-refractivity contribution in [3.8, 4) is 0 Å². The third kappa shape index (κ3) is 3.55. The highest BCUT2D eigenvalue weighted by Crippen LogP contribution is 2.24. The summed E-state index contributed by atoms with van der Waals surface area (Å²) in [5.41, 5.74) is 4.86. The lowest BCUT2D eigenvalue weighted by Crippen LogP contribution is -2.12. The molecule has 0 spiro atoms. The molecule has 0 atom stereocenters. The van der Waals surface area contributed by atoms with Crippen LogP contribution in [-0.4, -0.2) is 5.91 Å². The number of amides is 1. The number of rotatable bonds is 4. The molecule has 2 rings (SSSR count). The zero-order valence-electron chi connectivity index (χ0n) is 10.6. The van der Waals surface area contributed by atoms with E-state index < -0.39 is 23.4 Å². The van der Waals surface area contributed by atoms with Gasteiger partial charge in [-0.2, -0.15) is 0 Å². The summed E-state index contributed by atoms with van der Waals surface area (Å²) < 4.78 is 41.2. The molecule has 0 aromatic heterocycles. The minimum atomic E-state index is -0.795. The summed E-state index contributed by atoms with van der Waals surface area (Å²) in [4.78, 5) is 10.9. The van der Waals surface area contributed by atoms with Crippen LogP contribution >= 0.6 is 15.9 Å². The number of benzene rings is 2. The highest BCUT2D eigenvalue weighted by Gasteiger charge is 2.12. The van der Waals surface area contributed by atoms with Crippen LogP contribution in [0.5, 0.6) is 0 Å². The molecule has 0 heterocycles. The third-order valence-electron chi connectivity index (χ3n) is 2.80. The van der Waals surface area contributed by atoms with Crippen molar-refractivity contribution in [1.29, 1.82) is 0 Å². The van der Waals surface area contributed by atoms with Crippen LogP contribution in [0.3, 0.4) is 0 Å². The third-order valence-corrected chi connectivity index (χ3v) is 3.26. The highest BCUT2D eigenvalue weighted by molar-refractivity contribution is 9.10. The number of primary amides is 1. The lowest BCUT2D eigenvalue weighted by atomic mass is 10.1. The number of nitrogens with two attached hydrogens (primary N) is 1. The fourth-order valence-corrected chi connectivity index (χ4v) is 2.14. The van der Waals surface area contributed by atoms with Crippen molar-refractivity contribution in [3.05, 3.63) is 63.4 Å². The van der Waals surface area contributed by atoms with Crippen LogP contribution in [-0.2, 0) is 6.54 Å². The molecule has 2 aromatic carbocycles. The quantitative estimate of drug-likeness (QED) is 0.877. The van der Waals surface area contributed by atoms with E-state index in [9.17, 15) is 18.0 Å². The van der Waals surface area contributed by atoms with E-state index in [0.717, 1.165) is 18.2 Å². The standard InChI is InChI=1S/C14H10BrF3N2O/c15-9-4-11(17)13(12(18)5-9)20-6-8-2-1-7(14(19)21)3-10(8)16/h1-5,20H,6H2,(H2,19,21). The molecule has 0 saturated carbocycles. The monoisotopic (exact) mass is 358 g/mol. The van der Waals surface area contributed by atoms with Crippen LogP contribution < -0.4 is 11.1 Å². The molecule has 21 heavy (non-hydrogen) atoms. The molecule has 0 aliphatic heterocycles. The van der Waals surface area contributed by atoms with Gasteiger partial charge >= 0.3 is 0 Å². The van der Waals surface area contributed by atoms with Gasteiger partial charge in [0.1, 0.15) is 23.1 Å². The van der Waals surface area contributed by atoms with Crippen molar-refractivity contribution in [2.24, 2.45) is 5.73 Å². The predicted molar refractivity (Wildman–Crippen MR) is 76.3 cm³/mol. The van der Waals surface area contributed by atoms with Crippen molar-refractivity contribution in [2.45, 2.75) is 6.54 Å². The molecular weight excluding hydrogens is 349 g/mol. The first-order valence-corrected chi connectivity index (χ1v) is 6.64. The van der Waals surface area contributed by atoms with Crippen molar-refractivity contribution in [3.63, 3.8) is 0 Å². The van der Waals surface area contributed by atoms with E-state index in [2.05, 4.69) is 21.2 Å². The second-order valence-corrected chi connectivity index (χ2v) is 5.18. The highest BCUT2D eigenvalue weighted by atomic mass is 79.9. The number of carbonyl (C=O) groups is 1. The maximum atomic E-state index is 13.7. The van der Waals surface area contributed by atoms with E-state index >= 15 is 0 Å². The summed E-state index contributed by atoms with van der Waals surface area (Å²) in [6.07, 6.45) is 0. The smallest absolute Gasteiger partial charge is 0.248 e. The van der Waals surface area contributed by atoms with E-state index in [1.165, 1.54) is 12.1 Å². The average molecular weight is 359 g/mol. The molecule has 0 aliphatic carbocycles. The van der Waals surface area contributed by atoms with E-state index in [0.29, 0.717) is 0 Å². The molecule has 7 heteroatoms. The van der Waals surface area contributed by atoms with Gasteiger partial charge in [-0.15, -0.1) is 0 Å². The Kier molecular flexibility index (Phi) is 4.52. The molecule has 3 nitrogen and oxygen atoms in total. The summed E-state index contributed by atoms with van der Waals surface area (Å²) in [6, 6.07) is 5.84. The van der Waals surface area contributed by atoms with E-state index in [4.69, 9.17) is 5.73 Å². The normalized spacial score (nSPS) is 10.5. The molecule has 0 radical (unpaired) electrons. The molecule has 0 fully saturated rings. The Hall–Kier alpha value is -2.02. The average Bonchev–Trinajstić information content (AvgIpc) is 2.38. The number of hydrogen-bond acceptors (Lipinski definition) is 2. The van der Waals surface area contributed by atoms with Gasteiger partial charge < -0.3 is 11.1 Å². The zero-order chi connectivity index (χ0) is 15.6. The van der Waals surface area contributed by atoms with Crippen molar-refractivity contribution < 1.29 is 18.0 Å². The Morgan fingerprint density at radius 2 is 1.71 bits per heavy atom. The molecule has 0 bridgehead atoms. The maximum absolute atomic E-state index is 13.7. The van der Waals surface area contributed by atoms with Gasteiger partial charge in [0.2, 0.25) is 5.91 Å². The first kappa shape index (κ1) is 15.4. The fourth-order valence-electron chi connectivity index (χ4n) is 1.74. The first-order chi connectivity index (χ1) is 9.88. The lowest BCUT2D eigenvalue weighted by molar-refractivity contribution is 0.1000. The van der Waals surface area contributed by atoms with Gasteiger partial charge in [-0.05, 0) is 24.3 Å². The van der Waals surface area contributed by atoms with Gasteiger partial charge in [0.15, 0.2) is 0 Å². The van der Waals surface area contributed by atoms with Gasteiger partial charge in [-0.3, -0.25) is 4.79 Å². The van der Waals surface area contributed by atoms with Crippen molar-refractivity contribution in [1.82, 2.24) is 0 Å². The second kappa shape index (κ2) is 6.17. The van der Waals surface area contributed by atoms with E-state index in [1.54, 1.807) is 0 Å². The Labute approximate surface area is 127 Å². The van der Waals surface area contributed by atoms with Crippen LogP contribution in [0.25, 0.3) is 0 Å². The largest absolute Gasteiger partial charge is 0.376 e. The molecule has 110 valence electrons. The van der Waals surface area contributed by atoms with E-state index in [1.807, 2.05) is 0 Å². The number of nitrogens with one attached hydrogen (secondary N) is 1. The number of halogens is 4. The van der Waals surface area contributed by atoms with Crippen LogP contribution in [0.2, 0.25) is 0 Å². The van der Waals surface area contributed by atoms with Gasteiger partial charge in [0.05, 0.1) is 0 Å². The first-order valence-electron chi connectivity index (χ1n) is 5.85. The predicted octanol–water partition coefficient (Wildman–Crippen LogP) is 3.58. The molecule has 0 saturated heterocycles. The fraction of sp³-hybridized carbons (Fsp3) is 0.0714. The molecule has 3 N–H and O–H groups in total. The van der Waals surface area contributed by atoms with Crippen molar-refractivity contribution >= 4 is 27.5 Å². The Morgan fingerprint density at radius 1 is 1.10 bits per heavy atom. The molecule has 0 unspecified atom stereocenters. The number of carbonyl (C=O) groups excluding carboxylic acids is 1. The van der Waals surface area contributed by atoms with Gasteiger partial charge in [-0.1, -0.05) is 22.0 Å². The summed E-state index contributed by atoms with van der Waals surface area (Å²) in [5.74, 6) is -3.03. The topological polar surface area (TPSA) is 55.1 Å². The van der Waals surface area contributed by atoms with Crippen LogP contribution in [0.4, 0.5) is 18.9 Å². The zero-order valence-corrected chi connectivity index (χ0v) is 12.2. The molecule has 1 amide bonds. The van der Waals surface area contributed by atoms with Gasteiger partial charge in [0.25, 0.3) is 0 Å².